The number of hydrogen-bond donors (Lipinski definition) is 0. The summed E-state index contributed by atoms with van der Waals surface area (Å²) in [5.41, 5.74) is 0.946. The number of benzene rings is 1. The highest BCUT2D eigenvalue weighted by atomic mass is 35.5. The molecule has 0 bridgehead atoms. The average Bonchev–Trinajstić information content (AvgIpc) is 2.89. The Bertz CT molecular complexity index is 792. The smallest absolute Gasteiger partial charge is 0.232 e. The molecule has 0 saturated heterocycles. The van der Waals surface area contributed by atoms with E-state index in [0.717, 1.165) is 15.8 Å². The van der Waals surface area contributed by atoms with E-state index >= 15 is 0 Å². The van der Waals surface area contributed by atoms with Gasteiger partial charge in [0.05, 0.1) is 17.9 Å². The quantitative estimate of drug-likeness (QED) is 0.680. The van der Waals surface area contributed by atoms with E-state index in [9.17, 15) is 0 Å². The summed E-state index contributed by atoms with van der Waals surface area (Å²) >= 11 is 7.37. The summed E-state index contributed by atoms with van der Waals surface area (Å²) in [6, 6.07) is 11.3. The Morgan fingerprint density at radius 1 is 1.20 bits per heavy atom. The lowest BCUT2D eigenvalue weighted by atomic mass is 10.2. The van der Waals surface area contributed by atoms with Gasteiger partial charge in [-0.1, -0.05) is 12.1 Å². The minimum atomic E-state index is 0.163. The van der Waals surface area contributed by atoms with Crippen LogP contribution < -0.4 is 4.74 Å². The van der Waals surface area contributed by atoms with Crippen LogP contribution in [0.3, 0.4) is 0 Å². The van der Waals surface area contributed by atoms with Gasteiger partial charge in [-0.25, -0.2) is 4.98 Å². The molecule has 4 nitrogen and oxygen atoms in total. The van der Waals surface area contributed by atoms with E-state index in [0.29, 0.717) is 18.1 Å². The first-order valence-electron chi connectivity index (χ1n) is 5.81. The van der Waals surface area contributed by atoms with Crippen molar-refractivity contribution in [3.05, 3.63) is 46.6 Å². The van der Waals surface area contributed by atoms with E-state index in [1.54, 1.807) is 12.1 Å². The van der Waals surface area contributed by atoms with Gasteiger partial charge in [0.2, 0.25) is 11.2 Å². The number of thiophene rings is 1. The van der Waals surface area contributed by atoms with Crippen molar-refractivity contribution in [2.45, 2.75) is 6.42 Å². The first-order valence-corrected chi connectivity index (χ1v) is 7.06. The van der Waals surface area contributed by atoms with E-state index in [-0.39, 0.29) is 5.28 Å². The van der Waals surface area contributed by atoms with Crippen LogP contribution in [0, 0.1) is 11.3 Å². The van der Waals surface area contributed by atoms with Gasteiger partial charge in [-0.3, -0.25) is 0 Å². The molecule has 0 radical (unpaired) electrons. The van der Waals surface area contributed by atoms with Gasteiger partial charge in [0.1, 0.15) is 10.6 Å². The zero-order valence-corrected chi connectivity index (χ0v) is 11.8. The molecule has 0 amide bonds. The zero-order valence-electron chi connectivity index (χ0n) is 10.2. The highest BCUT2D eigenvalue weighted by Gasteiger charge is 2.10. The molecule has 0 unspecified atom stereocenters. The molecule has 0 aliphatic heterocycles. The molecular weight excluding hydrogens is 294 g/mol. The van der Waals surface area contributed by atoms with Gasteiger partial charge in [0.25, 0.3) is 0 Å². The Morgan fingerprint density at radius 2 is 2.00 bits per heavy atom. The van der Waals surface area contributed by atoms with Crippen molar-refractivity contribution in [3.63, 3.8) is 0 Å². The molecule has 0 N–H and O–H groups in total. The van der Waals surface area contributed by atoms with Gasteiger partial charge in [-0.2, -0.15) is 10.2 Å². The maximum atomic E-state index is 8.64. The van der Waals surface area contributed by atoms with Crippen molar-refractivity contribution >= 4 is 33.2 Å². The van der Waals surface area contributed by atoms with Gasteiger partial charge >= 0.3 is 0 Å². The summed E-state index contributed by atoms with van der Waals surface area (Å²) in [4.78, 5) is 9.04. The van der Waals surface area contributed by atoms with Crippen molar-refractivity contribution in [2.75, 3.05) is 0 Å². The second-order valence-corrected chi connectivity index (χ2v) is 5.25. The number of nitriles is 1. The summed E-state index contributed by atoms with van der Waals surface area (Å²) in [5.74, 6) is 1.09. The molecule has 98 valence electrons. The Kier molecular flexibility index (Phi) is 3.50. The van der Waals surface area contributed by atoms with E-state index in [1.807, 2.05) is 23.6 Å². The molecule has 1 aromatic carbocycles. The molecular formula is C14H8ClN3OS. The second kappa shape index (κ2) is 5.45. The fourth-order valence-electron chi connectivity index (χ4n) is 1.76. The molecule has 6 heteroatoms. The summed E-state index contributed by atoms with van der Waals surface area (Å²) in [6.45, 7) is 0. The summed E-state index contributed by atoms with van der Waals surface area (Å²) in [5, 5.41) is 11.5. The Labute approximate surface area is 124 Å². The molecule has 0 spiro atoms. The van der Waals surface area contributed by atoms with Crippen molar-refractivity contribution in [2.24, 2.45) is 0 Å². The fourth-order valence-corrected chi connectivity index (χ4v) is 2.73. The lowest BCUT2D eigenvalue weighted by Gasteiger charge is -2.06. The van der Waals surface area contributed by atoms with Crippen LogP contribution in [-0.4, -0.2) is 9.97 Å². The van der Waals surface area contributed by atoms with Crippen LogP contribution in [0.2, 0.25) is 5.28 Å². The number of fused-ring (bicyclic) bond motifs is 1. The van der Waals surface area contributed by atoms with Crippen molar-refractivity contribution < 1.29 is 4.74 Å². The number of rotatable bonds is 3. The van der Waals surface area contributed by atoms with Crippen LogP contribution in [0.4, 0.5) is 0 Å². The van der Waals surface area contributed by atoms with Gasteiger partial charge in [0, 0.05) is 0 Å². The minimum Gasteiger partial charge on any atom is -0.438 e. The zero-order chi connectivity index (χ0) is 13.9. The first kappa shape index (κ1) is 12.9. The largest absolute Gasteiger partial charge is 0.438 e. The van der Waals surface area contributed by atoms with E-state index < -0.39 is 0 Å². The van der Waals surface area contributed by atoms with E-state index in [1.165, 1.54) is 11.3 Å². The SMILES string of the molecule is N#CCc1ccc(Oc2nc(Cl)nc3sccc23)cc1. The molecule has 0 aliphatic carbocycles. The van der Waals surface area contributed by atoms with Crippen LogP contribution in [-0.2, 0) is 6.42 Å². The highest BCUT2D eigenvalue weighted by molar-refractivity contribution is 7.16. The van der Waals surface area contributed by atoms with E-state index in [4.69, 9.17) is 21.6 Å². The second-order valence-electron chi connectivity index (χ2n) is 4.02. The van der Waals surface area contributed by atoms with Gasteiger partial charge in [-0.05, 0) is 40.7 Å². The molecule has 3 aromatic rings. The summed E-state index contributed by atoms with van der Waals surface area (Å²) in [6.07, 6.45) is 0.383. The highest BCUT2D eigenvalue weighted by Crippen LogP contribution is 2.31. The maximum absolute atomic E-state index is 8.64. The van der Waals surface area contributed by atoms with E-state index in [2.05, 4.69) is 16.0 Å². The van der Waals surface area contributed by atoms with Crippen LogP contribution in [0.15, 0.2) is 35.7 Å². The Hall–Kier alpha value is -2.16. The van der Waals surface area contributed by atoms with Crippen LogP contribution >= 0.6 is 22.9 Å². The third-order valence-corrected chi connectivity index (χ3v) is 3.66. The molecule has 20 heavy (non-hydrogen) atoms. The number of nitrogens with zero attached hydrogens (tertiary/aromatic N) is 3. The Morgan fingerprint density at radius 3 is 2.75 bits per heavy atom. The molecule has 3 rings (SSSR count). The predicted molar refractivity (Wildman–Crippen MR) is 78.3 cm³/mol. The molecule has 2 aromatic heterocycles. The molecule has 0 atom stereocenters. The van der Waals surface area contributed by atoms with Gasteiger partial charge in [0.15, 0.2) is 0 Å². The van der Waals surface area contributed by atoms with Crippen molar-refractivity contribution in [3.8, 4) is 17.7 Å². The lowest BCUT2D eigenvalue weighted by molar-refractivity contribution is 0.468. The number of hydrogen-bond acceptors (Lipinski definition) is 5. The topological polar surface area (TPSA) is 58.8 Å². The summed E-state index contributed by atoms with van der Waals surface area (Å²) < 4.78 is 5.75. The third-order valence-electron chi connectivity index (χ3n) is 2.68. The third kappa shape index (κ3) is 2.57. The minimum absolute atomic E-state index is 0.163. The van der Waals surface area contributed by atoms with Crippen molar-refractivity contribution in [1.29, 1.82) is 5.26 Å². The van der Waals surface area contributed by atoms with Gasteiger partial charge in [-0.15, -0.1) is 11.3 Å². The first-order chi connectivity index (χ1) is 9.76. The number of aromatic nitrogens is 2. The monoisotopic (exact) mass is 301 g/mol. The average molecular weight is 302 g/mol. The molecule has 0 fully saturated rings. The van der Waals surface area contributed by atoms with Crippen LogP contribution in [0.5, 0.6) is 11.6 Å². The molecule has 0 saturated carbocycles. The number of halogens is 1. The molecule has 0 aliphatic rings. The normalized spacial score (nSPS) is 10.4. The molecule has 2 heterocycles. The Balaban J connectivity index is 1.93. The number of ether oxygens (including phenoxy) is 1. The predicted octanol–water partition coefficient (Wildman–Crippen LogP) is 4.20. The lowest BCUT2D eigenvalue weighted by Crippen LogP contribution is -1.91. The summed E-state index contributed by atoms with van der Waals surface area (Å²) in [7, 11) is 0. The fraction of sp³-hybridized carbons (Fsp3) is 0.0714. The van der Waals surface area contributed by atoms with Crippen LogP contribution in [0.25, 0.3) is 10.2 Å². The van der Waals surface area contributed by atoms with Gasteiger partial charge < -0.3 is 4.74 Å². The standard InChI is InChI=1S/C14H8ClN3OS/c15-14-17-12(11-6-8-20-13(11)18-14)19-10-3-1-9(2-4-10)5-7-16/h1-4,6,8H,5H2. The van der Waals surface area contributed by atoms with Crippen molar-refractivity contribution in [1.82, 2.24) is 9.97 Å². The van der Waals surface area contributed by atoms with Crippen LogP contribution in [0.1, 0.15) is 5.56 Å². The maximum Gasteiger partial charge on any atom is 0.232 e.